The van der Waals surface area contributed by atoms with Crippen LogP contribution in [0.3, 0.4) is 0 Å². The second kappa shape index (κ2) is 13.7. The quantitative estimate of drug-likeness (QED) is 0.156. The molecule has 1 saturated carbocycles. The van der Waals surface area contributed by atoms with Crippen LogP contribution >= 0.6 is 11.8 Å². The van der Waals surface area contributed by atoms with Gasteiger partial charge in [0.15, 0.2) is 5.16 Å². The number of amides is 1. The van der Waals surface area contributed by atoms with Crippen LogP contribution in [0.5, 0.6) is 0 Å². The van der Waals surface area contributed by atoms with Gasteiger partial charge in [0, 0.05) is 42.9 Å². The minimum atomic E-state index is -0.681. The van der Waals surface area contributed by atoms with Crippen LogP contribution in [0.4, 0.5) is 0 Å². The smallest absolute Gasteiger partial charge is 0.277 e. The lowest BCUT2D eigenvalue weighted by Crippen LogP contribution is -2.41. The highest BCUT2D eigenvalue weighted by Gasteiger charge is 2.52. The zero-order valence-corrected chi connectivity index (χ0v) is 23.4. The Bertz CT molecular complexity index is 1240. The Morgan fingerprint density at radius 3 is 2.37 bits per heavy atom. The van der Waals surface area contributed by atoms with E-state index in [1.165, 1.54) is 55.8 Å². The lowest BCUT2D eigenvalue weighted by molar-refractivity contribution is -0.125. The van der Waals surface area contributed by atoms with Gasteiger partial charge in [-0.25, -0.2) is 9.97 Å². The van der Waals surface area contributed by atoms with E-state index in [0.717, 1.165) is 36.8 Å². The molecular weight excluding hydrogens is 494 g/mol. The summed E-state index contributed by atoms with van der Waals surface area (Å²) in [6, 6.07) is 8.36. The van der Waals surface area contributed by atoms with Crippen LogP contribution in [0.25, 0.3) is 0 Å². The van der Waals surface area contributed by atoms with Gasteiger partial charge in [-0.15, -0.1) is 0 Å². The van der Waals surface area contributed by atoms with Crippen LogP contribution in [0.15, 0.2) is 59.1 Å². The average Bonchev–Trinajstić information content (AvgIpc) is 3.74. The molecule has 4 rings (SSSR count). The molecule has 8 heteroatoms. The third kappa shape index (κ3) is 7.53. The van der Waals surface area contributed by atoms with Crippen molar-refractivity contribution in [2.75, 3.05) is 6.54 Å². The largest absolute Gasteiger partial charge is 0.354 e. The minimum Gasteiger partial charge on any atom is -0.354 e. The molecule has 0 radical (unpaired) electrons. The first-order chi connectivity index (χ1) is 18.5. The highest BCUT2D eigenvalue weighted by Crippen LogP contribution is 2.46. The summed E-state index contributed by atoms with van der Waals surface area (Å²) in [6.45, 7) is 4.98. The number of hydrogen-bond acceptors (Lipinski definition) is 6. The van der Waals surface area contributed by atoms with E-state index in [0.29, 0.717) is 29.4 Å². The van der Waals surface area contributed by atoms with Gasteiger partial charge < -0.3 is 9.88 Å². The van der Waals surface area contributed by atoms with Crippen LogP contribution in [0.1, 0.15) is 87.0 Å². The summed E-state index contributed by atoms with van der Waals surface area (Å²) in [7, 11) is 0. The third-order valence-corrected chi connectivity index (χ3v) is 8.16. The monoisotopic (exact) mass is 533 g/mol. The number of carbonyl (C=O) groups is 1. The molecule has 0 spiro atoms. The topological polar surface area (TPSA) is 89.8 Å². The summed E-state index contributed by atoms with van der Waals surface area (Å²) in [4.78, 5) is 39.1. The van der Waals surface area contributed by atoms with E-state index in [4.69, 9.17) is 0 Å². The summed E-state index contributed by atoms with van der Waals surface area (Å²) >= 11 is 1.51. The highest BCUT2D eigenvalue weighted by molar-refractivity contribution is 7.98. The first-order valence-electron chi connectivity index (χ1n) is 13.9. The van der Waals surface area contributed by atoms with Gasteiger partial charge in [0.05, 0.1) is 0 Å². The molecule has 1 aliphatic rings. The molecule has 0 saturated heterocycles. The molecule has 2 heterocycles. The molecule has 0 unspecified atom stereocenters. The van der Waals surface area contributed by atoms with E-state index in [9.17, 15) is 9.59 Å². The zero-order chi connectivity index (χ0) is 26.8. The molecule has 1 amide bonds. The van der Waals surface area contributed by atoms with Crippen LogP contribution in [0.2, 0.25) is 0 Å². The second-order valence-electron chi connectivity index (χ2n) is 10.3. The average molecular weight is 534 g/mol. The third-order valence-electron chi connectivity index (χ3n) is 7.13. The van der Waals surface area contributed by atoms with Gasteiger partial charge in [0.1, 0.15) is 11.9 Å². The lowest BCUT2D eigenvalue weighted by atomic mass is 10.1. The van der Waals surface area contributed by atoms with Crippen molar-refractivity contribution in [1.29, 1.82) is 0 Å². The van der Waals surface area contributed by atoms with E-state index < -0.39 is 5.54 Å². The first-order valence-corrected chi connectivity index (χ1v) is 14.8. The molecule has 202 valence electrons. The number of nitrogens with zero attached hydrogens (tertiary/aromatic N) is 4. The number of aromatic nitrogens is 4. The van der Waals surface area contributed by atoms with Crippen molar-refractivity contribution in [1.82, 2.24) is 24.8 Å². The maximum absolute atomic E-state index is 13.5. The first kappa shape index (κ1) is 28.0. The van der Waals surface area contributed by atoms with Crippen LogP contribution < -0.4 is 10.9 Å². The molecule has 1 fully saturated rings. The number of hydrogen-bond donors (Lipinski definition) is 1. The molecule has 0 aliphatic heterocycles. The SMILES string of the molecule is CCCCCCCCCNC(=O)C1(n2cc(Cc3cncnc3)c(=O)nc2SCc2ccc(C)cc2)CC1. The normalized spacial score (nSPS) is 13.8. The van der Waals surface area contributed by atoms with Crippen molar-refractivity contribution in [3.8, 4) is 0 Å². The maximum Gasteiger partial charge on any atom is 0.277 e. The van der Waals surface area contributed by atoms with Crippen molar-refractivity contribution in [2.24, 2.45) is 0 Å². The van der Waals surface area contributed by atoms with E-state index >= 15 is 0 Å². The maximum atomic E-state index is 13.5. The van der Waals surface area contributed by atoms with Crippen molar-refractivity contribution in [2.45, 2.75) is 94.5 Å². The fourth-order valence-electron chi connectivity index (χ4n) is 4.63. The fourth-order valence-corrected chi connectivity index (χ4v) is 5.63. The molecule has 38 heavy (non-hydrogen) atoms. The summed E-state index contributed by atoms with van der Waals surface area (Å²) in [5.74, 6) is 0.703. The molecule has 2 aromatic heterocycles. The van der Waals surface area contributed by atoms with Gasteiger partial charge in [0.25, 0.3) is 5.56 Å². The second-order valence-corrected chi connectivity index (χ2v) is 11.3. The number of thioether (sulfide) groups is 1. The molecule has 7 nitrogen and oxygen atoms in total. The molecule has 0 bridgehead atoms. The van der Waals surface area contributed by atoms with Crippen LogP contribution in [-0.2, 0) is 22.5 Å². The van der Waals surface area contributed by atoms with Crippen molar-refractivity contribution >= 4 is 17.7 Å². The number of carbonyl (C=O) groups excluding carboxylic acids is 1. The molecule has 1 aromatic carbocycles. The summed E-state index contributed by atoms with van der Waals surface area (Å²) < 4.78 is 1.96. The molecule has 1 N–H and O–H groups in total. The van der Waals surface area contributed by atoms with Gasteiger partial charge in [-0.1, -0.05) is 87.0 Å². The van der Waals surface area contributed by atoms with Gasteiger partial charge in [0.2, 0.25) is 5.91 Å². The predicted octanol–water partition coefficient (Wildman–Crippen LogP) is 5.58. The Morgan fingerprint density at radius 1 is 1.00 bits per heavy atom. The number of rotatable bonds is 15. The molecular formula is C30H39N5O2S. The number of unbranched alkanes of at least 4 members (excludes halogenated alkanes) is 6. The molecule has 1 aliphatic carbocycles. The van der Waals surface area contributed by atoms with Gasteiger partial charge >= 0.3 is 0 Å². The van der Waals surface area contributed by atoms with Crippen molar-refractivity contribution < 1.29 is 4.79 Å². The van der Waals surface area contributed by atoms with Gasteiger partial charge in [-0.2, -0.15) is 4.98 Å². The Kier molecular flexibility index (Phi) is 10.1. The van der Waals surface area contributed by atoms with E-state index in [-0.39, 0.29) is 11.5 Å². The fraction of sp³-hybridized carbons (Fsp3) is 0.500. The molecule has 0 atom stereocenters. The predicted molar refractivity (Wildman–Crippen MR) is 152 cm³/mol. The van der Waals surface area contributed by atoms with E-state index in [2.05, 4.69) is 58.4 Å². The number of aryl methyl sites for hydroxylation is 1. The van der Waals surface area contributed by atoms with E-state index in [1.807, 2.05) is 10.8 Å². The van der Waals surface area contributed by atoms with E-state index in [1.54, 1.807) is 12.4 Å². The Morgan fingerprint density at radius 2 is 1.68 bits per heavy atom. The number of benzene rings is 1. The van der Waals surface area contributed by atoms with Gasteiger partial charge in [-0.05, 0) is 37.3 Å². The lowest BCUT2D eigenvalue weighted by Gasteiger charge is -2.23. The van der Waals surface area contributed by atoms with Crippen molar-refractivity contribution in [3.63, 3.8) is 0 Å². The Hall–Kier alpha value is -3.00. The highest BCUT2D eigenvalue weighted by atomic mass is 32.2. The Balaban J connectivity index is 1.49. The number of nitrogens with one attached hydrogen (secondary N) is 1. The Labute approximate surface area is 229 Å². The summed E-state index contributed by atoms with van der Waals surface area (Å²) in [6.07, 6.45) is 17.1. The zero-order valence-electron chi connectivity index (χ0n) is 22.6. The van der Waals surface area contributed by atoms with Gasteiger partial charge in [-0.3, -0.25) is 9.59 Å². The van der Waals surface area contributed by atoms with Crippen molar-refractivity contribution in [3.05, 3.63) is 81.8 Å². The summed E-state index contributed by atoms with van der Waals surface area (Å²) in [5.41, 5.74) is 2.80. The minimum absolute atomic E-state index is 0.0279. The standard InChI is InChI=1S/C30H39N5O2S/c1-3-4-5-6-7-8-9-16-33-28(37)30(14-15-30)35-20-26(17-25-18-31-22-32-19-25)27(36)34-29(35)38-21-24-12-10-23(2)11-13-24/h10-13,18-20,22H,3-9,14-17,21H2,1-2H3,(H,33,37). The summed E-state index contributed by atoms with van der Waals surface area (Å²) in [5, 5.41) is 3.77. The van der Waals surface area contributed by atoms with Crippen LogP contribution in [0, 0.1) is 6.92 Å². The molecule has 3 aromatic rings. The van der Waals surface area contributed by atoms with Crippen LogP contribution in [-0.4, -0.2) is 32.0 Å².